The van der Waals surface area contributed by atoms with E-state index in [0.717, 1.165) is 0 Å². The van der Waals surface area contributed by atoms with Crippen molar-refractivity contribution in [1.29, 1.82) is 0 Å². The average Bonchev–Trinajstić information content (AvgIpc) is 2.52. The Balaban J connectivity index is 2.16. The molecule has 1 aromatic heterocycles. The fourth-order valence-corrected chi connectivity index (χ4v) is 3.40. The van der Waals surface area contributed by atoms with Crippen LogP contribution in [0.2, 0.25) is 0 Å². The van der Waals surface area contributed by atoms with Crippen molar-refractivity contribution >= 4 is 27.6 Å². The molecule has 0 aliphatic rings. The normalized spacial score (nSPS) is 11.2. The Morgan fingerprint density at radius 3 is 2.56 bits per heavy atom. The van der Waals surface area contributed by atoms with Crippen molar-refractivity contribution in [2.24, 2.45) is 0 Å². The number of hydrogen-bond acceptors (Lipinski definition) is 6. The SMILES string of the molecule is CC(=O)Nc1ccc(S(=O)(=O)NCc2ccnc(N(C)C)n2)c(C)c1. The Bertz CT molecular complexity index is 881. The van der Waals surface area contributed by atoms with Gasteiger partial charge in [-0.15, -0.1) is 0 Å². The third kappa shape index (κ3) is 4.97. The summed E-state index contributed by atoms with van der Waals surface area (Å²) < 4.78 is 27.6. The Kier molecular flexibility index (Phi) is 5.70. The van der Waals surface area contributed by atoms with Crippen molar-refractivity contribution in [3.8, 4) is 0 Å². The molecule has 0 saturated carbocycles. The first-order valence-electron chi connectivity index (χ1n) is 7.56. The van der Waals surface area contributed by atoms with Crippen LogP contribution >= 0.6 is 0 Å². The minimum absolute atomic E-state index is 0.0541. The number of anilines is 2. The molecule has 0 aliphatic carbocycles. The largest absolute Gasteiger partial charge is 0.347 e. The number of aromatic nitrogens is 2. The highest BCUT2D eigenvalue weighted by Gasteiger charge is 2.17. The van der Waals surface area contributed by atoms with E-state index in [9.17, 15) is 13.2 Å². The van der Waals surface area contributed by atoms with Crippen molar-refractivity contribution < 1.29 is 13.2 Å². The Morgan fingerprint density at radius 1 is 1.24 bits per heavy atom. The maximum absolute atomic E-state index is 12.5. The highest BCUT2D eigenvalue weighted by molar-refractivity contribution is 7.89. The van der Waals surface area contributed by atoms with E-state index in [0.29, 0.717) is 22.9 Å². The second-order valence-electron chi connectivity index (χ2n) is 5.73. The lowest BCUT2D eigenvalue weighted by atomic mass is 10.2. The van der Waals surface area contributed by atoms with Gasteiger partial charge in [0.15, 0.2) is 0 Å². The van der Waals surface area contributed by atoms with Crippen molar-refractivity contribution in [3.05, 3.63) is 41.7 Å². The number of carbonyl (C=O) groups is 1. The molecule has 0 saturated heterocycles. The predicted octanol–water partition coefficient (Wildman–Crippen LogP) is 1.29. The monoisotopic (exact) mass is 363 g/mol. The van der Waals surface area contributed by atoms with E-state index >= 15 is 0 Å². The third-order valence-corrected chi connectivity index (χ3v) is 4.89. The molecular weight excluding hydrogens is 342 g/mol. The minimum Gasteiger partial charge on any atom is -0.347 e. The van der Waals surface area contributed by atoms with E-state index in [4.69, 9.17) is 0 Å². The first kappa shape index (κ1) is 18.8. The molecule has 0 spiro atoms. The van der Waals surface area contributed by atoms with Gasteiger partial charge < -0.3 is 10.2 Å². The van der Waals surface area contributed by atoms with Gasteiger partial charge in [-0.25, -0.2) is 23.1 Å². The molecule has 0 atom stereocenters. The van der Waals surface area contributed by atoms with Gasteiger partial charge in [-0.1, -0.05) is 0 Å². The van der Waals surface area contributed by atoms with E-state index in [1.54, 1.807) is 36.2 Å². The lowest BCUT2D eigenvalue weighted by Gasteiger charge is -2.13. The van der Waals surface area contributed by atoms with Crippen LogP contribution in [0.15, 0.2) is 35.4 Å². The standard InChI is InChI=1S/C16H21N5O3S/c1-11-9-13(19-12(2)22)5-6-15(11)25(23,24)18-10-14-7-8-17-16(20-14)21(3)4/h5-9,18H,10H2,1-4H3,(H,19,22). The molecular formula is C16H21N5O3S. The maximum atomic E-state index is 12.5. The molecule has 1 heterocycles. The summed E-state index contributed by atoms with van der Waals surface area (Å²) in [7, 11) is -0.0866. The molecule has 0 bridgehead atoms. The summed E-state index contributed by atoms with van der Waals surface area (Å²) in [6, 6.07) is 6.29. The molecule has 0 fully saturated rings. The van der Waals surface area contributed by atoms with Gasteiger partial charge in [-0.2, -0.15) is 0 Å². The van der Waals surface area contributed by atoms with Crippen LogP contribution in [0.3, 0.4) is 0 Å². The zero-order chi connectivity index (χ0) is 18.6. The van der Waals surface area contributed by atoms with Gasteiger partial charge in [0, 0.05) is 32.9 Å². The topological polar surface area (TPSA) is 104 Å². The molecule has 25 heavy (non-hydrogen) atoms. The fraction of sp³-hybridized carbons (Fsp3) is 0.312. The van der Waals surface area contributed by atoms with Crippen molar-refractivity contribution in [1.82, 2.24) is 14.7 Å². The van der Waals surface area contributed by atoms with Gasteiger partial charge in [-0.3, -0.25) is 4.79 Å². The summed E-state index contributed by atoms with van der Waals surface area (Å²) in [6.45, 7) is 3.12. The molecule has 0 radical (unpaired) electrons. The van der Waals surface area contributed by atoms with Crippen LogP contribution in [0.25, 0.3) is 0 Å². The van der Waals surface area contributed by atoms with E-state index in [1.807, 2.05) is 14.1 Å². The number of carbonyl (C=O) groups excluding carboxylic acids is 1. The van der Waals surface area contributed by atoms with Crippen LogP contribution in [0.1, 0.15) is 18.2 Å². The molecule has 2 aromatic rings. The summed E-state index contributed by atoms with van der Waals surface area (Å²) in [5, 5.41) is 2.62. The highest BCUT2D eigenvalue weighted by Crippen LogP contribution is 2.20. The number of sulfonamides is 1. The van der Waals surface area contributed by atoms with E-state index in [-0.39, 0.29) is 17.3 Å². The number of hydrogen-bond donors (Lipinski definition) is 2. The lowest BCUT2D eigenvalue weighted by Crippen LogP contribution is -2.25. The summed E-state index contributed by atoms with van der Waals surface area (Å²) in [6.07, 6.45) is 1.58. The lowest BCUT2D eigenvalue weighted by molar-refractivity contribution is -0.114. The fourth-order valence-electron chi connectivity index (χ4n) is 2.18. The number of nitrogens with zero attached hydrogens (tertiary/aromatic N) is 3. The van der Waals surface area contributed by atoms with Crippen molar-refractivity contribution in [2.45, 2.75) is 25.3 Å². The number of amides is 1. The molecule has 1 aromatic carbocycles. The zero-order valence-corrected chi connectivity index (χ0v) is 15.4. The van der Waals surface area contributed by atoms with Gasteiger partial charge >= 0.3 is 0 Å². The van der Waals surface area contributed by atoms with Gasteiger partial charge in [0.05, 0.1) is 17.1 Å². The molecule has 134 valence electrons. The first-order valence-corrected chi connectivity index (χ1v) is 9.04. The molecule has 0 unspecified atom stereocenters. The number of nitrogens with one attached hydrogen (secondary N) is 2. The third-order valence-electron chi connectivity index (χ3n) is 3.33. The molecule has 0 aliphatic heterocycles. The summed E-state index contributed by atoms with van der Waals surface area (Å²) in [5.74, 6) is 0.293. The summed E-state index contributed by atoms with van der Waals surface area (Å²) in [5.41, 5.74) is 1.65. The second-order valence-corrected chi connectivity index (χ2v) is 7.46. The Hall–Kier alpha value is -2.52. The van der Waals surface area contributed by atoms with Gasteiger partial charge in [-0.05, 0) is 36.8 Å². The predicted molar refractivity (Wildman–Crippen MR) is 95.9 cm³/mol. The molecule has 9 heteroatoms. The summed E-state index contributed by atoms with van der Waals surface area (Å²) in [4.78, 5) is 21.3. The van der Waals surface area contributed by atoms with Gasteiger partial charge in [0.2, 0.25) is 21.9 Å². The van der Waals surface area contributed by atoms with Crippen LogP contribution in [-0.2, 0) is 21.4 Å². The minimum atomic E-state index is -3.70. The van der Waals surface area contributed by atoms with Crippen molar-refractivity contribution in [3.63, 3.8) is 0 Å². The molecule has 2 rings (SSSR count). The van der Waals surface area contributed by atoms with Crippen LogP contribution in [0.4, 0.5) is 11.6 Å². The van der Waals surface area contributed by atoms with Crippen molar-refractivity contribution in [2.75, 3.05) is 24.3 Å². The number of rotatable bonds is 6. The van der Waals surface area contributed by atoms with Crippen LogP contribution in [0.5, 0.6) is 0 Å². The van der Waals surface area contributed by atoms with Gasteiger partial charge in [0.1, 0.15) is 0 Å². The maximum Gasteiger partial charge on any atom is 0.241 e. The molecule has 1 amide bonds. The van der Waals surface area contributed by atoms with E-state index < -0.39 is 10.0 Å². The summed E-state index contributed by atoms with van der Waals surface area (Å²) >= 11 is 0. The molecule has 2 N–H and O–H groups in total. The zero-order valence-electron chi connectivity index (χ0n) is 14.6. The molecule has 8 nitrogen and oxygen atoms in total. The van der Waals surface area contributed by atoms with Gasteiger partial charge in [0.25, 0.3) is 0 Å². The number of aryl methyl sites for hydroxylation is 1. The van der Waals surface area contributed by atoms with Crippen LogP contribution in [0, 0.1) is 6.92 Å². The number of benzene rings is 1. The highest BCUT2D eigenvalue weighted by atomic mass is 32.2. The van der Waals surface area contributed by atoms with Crippen LogP contribution in [-0.4, -0.2) is 38.4 Å². The van der Waals surface area contributed by atoms with Crippen LogP contribution < -0.4 is 14.9 Å². The Morgan fingerprint density at radius 2 is 1.96 bits per heavy atom. The first-order chi connectivity index (χ1) is 11.7. The van der Waals surface area contributed by atoms with E-state index in [1.165, 1.54) is 13.0 Å². The Labute approximate surface area is 147 Å². The second kappa shape index (κ2) is 7.58. The average molecular weight is 363 g/mol. The van der Waals surface area contributed by atoms with E-state index in [2.05, 4.69) is 20.0 Å². The quantitative estimate of drug-likeness (QED) is 0.801. The smallest absolute Gasteiger partial charge is 0.241 e.